The fraction of sp³-hybridized carbons (Fsp3) is 0.571. The number of halogens is 1. The van der Waals surface area contributed by atoms with Crippen LogP contribution in [0.15, 0.2) is 18.2 Å². The van der Waals surface area contributed by atoms with E-state index < -0.39 is 0 Å². The molecular weight excluding hydrogens is 232 g/mol. The van der Waals surface area contributed by atoms with Crippen LogP contribution in [-0.2, 0) is 6.54 Å². The maximum atomic E-state index is 6.36. The van der Waals surface area contributed by atoms with Crippen LogP contribution in [0.25, 0.3) is 0 Å². The van der Waals surface area contributed by atoms with Gasteiger partial charge in [-0.25, -0.2) is 0 Å². The predicted molar refractivity (Wildman–Crippen MR) is 77.0 cm³/mol. The van der Waals surface area contributed by atoms with Gasteiger partial charge in [0.2, 0.25) is 0 Å². The van der Waals surface area contributed by atoms with Crippen molar-refractivity contribution in [1.29, 1.82) is 0 Å². The molecule has 0 aliphatic rings. The van der Waals surface area contributed by atoms with E-state index in [1.54, 1.807) is 0 Å². The third-order valence-electron chi connectivity index (χ3n) is 2.86. The first-order valence-electron chi connectivity index (χ1n) is 6.35. The van der Waals surface area contributed by atoms with Crippen molar-refractivity contribution in [3.8, 4) is 0 Å². The molecule has 0 saturated heterocycles. The molecule has 96 valence electrons. The van der Waals surface area contributed by atoms with E-state index in [1.807, 2.05) is 0 Å². The molecule has 0 heterocycles. The molecule has 1 rings (SSSR count). The second kappa shape index (κ2) is 6.87. The van der Waals surface area contributed by atoms with E-state index in [2.05, 4.69) is 56.1 Å². The molecule has 3 heteroatoms. The Bertz CT molecular complexity index is 350. The van der Waals surface area contributed by atoms with Crippen molar-refractivity contribution < 1.29 is 0 Å². The minimum Gasteiger partial charge on any atom is -0.368 e. The van der Waals surface area contributed by atoms with Gasteiger partial charge in [0.05, 0.1) is 10.7 Å². The van der Waals surface area contributed by atoms with Crippen molar-refractivity contribution >= 4 is 17.3 Å². The summed E-state index contributed by atoms with van der Waals surface area (Å²) in [6.07, 6.45) is 0. The zero-order chi connectivity index (χ0) is 12.8. The van der Waals surface area contributed by atoms with Crippen molar-refractivity contribution in [2.24, 2.45) is 0 Å². The molecule has 0 aliphatic carbocycles. The lowest BCUT2D eigenvalue weighted by atomic mass is 10.1. The van der Waals surface area contributed by atoms with Gasteiger partial charge in [-0.15, -0.1) is 0 Å². The Morgan fingerprint density at radius 3 is 2.47 bits per heavy atom. The average Bonchev–Trinajstić information content (AvgIpc) is 2.29. The van der Waals surface area contributed by atoms with Gasteiger partial charge in [-0.05, 0) is 45.0 Å². The molecule has 0 amide bonds. The zero-order valence-corrected chi connectivity index (χ0v) is 12.0. The molecule has 0 unspecified atom stereocenters. The van der Waals surface area contributed by atoms with Crippen LogP contribution in [0.3, 0.4) is 0 Å². The van der Waals surface area contributed by atoms with Crippen LogP contribution >= 0.6 is 11.6 Å². The second-order valence-electron chi connectivity index (χ2n) is 4.45. The number of benzene rings is 1. The van der Waals surface area contributed by atoms with Crippen LogP contribution in [0.4, 0.5) is 5.69 Å². The number of nitrogens with zero attached hydrogens (tertiary/aromatic N) is 1. The van der Waals surface area contributed by atoms with Gasteiger partial charge in [0.15, 0.2) is 0 Å². The fourth-order valence-corrected chi connectivity index (χ4v) is 2.29. The molecule has 0 saturated carbocycles. The summed E-state index contributed by atoms with van der Waals surface area (Å²) in [6, 6.07) is 6.80. The van der Waals surface area contributed by atoms with Gasteiger partial charge in [-0.2, -0.15) is 0 Å². The highest BCUT2D eigenvalue weighted by Crippen LogP contribution is 2.28. The summed E-state index contributed by atoms with van der Waals surface area (Å²) in [5.41, 5.74) is 2.37. The Kier molecular flexibility index (Phi) is 5.79. The van der Waals surface area contributed by atoms with E-state index in [4.69, 9.17) is 11.6 Å². The Morgan fingerprint density at radius 1 is 1.29 bits per heavy atom. The van der Waals surface area contributed by atoms with Crippen molar-refractivity contribution in [1.82, 2.24) is 5.32 Å². The lowest BCUT2D eigenvalue weighted by molar-refractivity contribution is 0.702. The summed E-state index contributed by atoms with van der Waals surface area (Å²) < 4.78 is 0. The molecule has 1 aromatic rings. The second-order valence-corrected chi connectivity index (χ2v) is 4.85. The molecule has 0 bridgehead atoms. The third-order valence-corrected chi connectivity index (χ3v) is 3.17. The van der Waals surface area contributed by atoms with Crippen molar-refractivity contribution in [2.45, 2.75) is 40.3 Å². The summed E-state index contributed by atoms with van der Waals surface area (Å²) in [4.78, 5) is 2.30. The Balaban J connectivity index is 2.88. The molecule has 1 aromatic carbocycles. The van der Waals surface area contributed by atoms with E-state index >= 15 is 0 Å². The molecule has 0 fully saturated rings. The third kappa shape index (κ3) is 3.90. The lowest BCUT2D eigenvalue weighted by Crippen LogP contribution is -2.30. The van der Waals surface area contributed by atoms with Crippen molar-refractivity contribution in [3.05, 3.63) is 28.8 Å². The van der Waals surface area contributed by atoms with Gasteiger partial charge in [0.1, 0.15) is 0 Å². The highest BCUT2D eigenvalue weighted by Gasteiger charge is 2.12. The van der Waals surface area contributed by atoms with E-state index in [1.165, 1.54) is 5.56 Å². The number of anilines is 1. The predicted octanol–water partition coefficient (Wildman–Crippen LogP) is 3.68. The van der Waals surface area contributed by atoms with Crippen molar-refractivity contribution in [3.63, 3.8) is 0 Å². The van der Waals surface area contributed by atoms with Gasteiger partial charge in [0.25, 0.3) is 0 Å². The number of hydrogen-bond acceptors (Lipinski definition) is 2. The average molecular weight is 255 g/mol. The largest absolute Gasteiger partial charge is 0.368 e. The minimum atomic E-state index is 0.470. The first-order chi connectivity index (χ1) is 8.10. The SMILES string of the molecule is CCNCc1ccc(N(CC)C(C)C)c(Cl)c1. The molecule has 1 N–H and O–H groups in total. The number of hydrogen-bond donors (Lipinski definition) is 1. The summed E-state index contributed by atoms with van der Waals surface area (Å²) in [5, 5.41) is 4.15. The standard InChI is InChI=1S/C14H23ClN2/c1-5-16-10-12-7-8-14(13(15)9-12)17(6-2)11(3)4/h7-9,11,16H,5-6,10H2,1-4H3. The number of nitrogens with one attached hydrogen (secondary N) is 1. The topological polar surface area (TPSA) is 15.3 Å². The van der Waals surface area contributed by atoms with Crippen LogP contribution in [0, 0.1) is 0 Å². The molecule has 0 radical (unpaired) electrons. The monoisotopic (exact) mass is 254 g/mol. The van der Waals surface area contributed by atoms with Gasteiger partial charge >= 0.3 is 0 Å². The summed E-state index contributed by atoms with van der Waals surface area (Å²) in [6.45, 7) is 11.5. The van der Waals surface area contributed by atoms with Crippen LogP contribution in [0.5, 0.6) is 0 Å². The van der Waals surface area contributed by atoms with Crippen LogP contribution in [0.2, 0.25) is 5.02 Å². The van der Waals surface area contributed by atoms with Gasteiger partial charge in [-0.3, -0.25) is 0 Å². The minimum absolute atomic E-state index is 0.470. The molecule has 0 spiro atoms. The van der Waals surface area contributed by atoms with Crippen LogP contribution in [-0.4, -0.2) is 19.1 Å². The van der Waals surface area contributed by atoms with Gasteiger partial charge in [-0.1, -0.05) is 24.6 Å². The highest BCUT2D eigenvalue weighted by molar-refractivity contribution is 6.33. The van der Waals surface area contributed by atoms with Gasteiger partial charge < -0.3 is 10.2 Å². The maximum absolute atomic E-state index is 6.36. The van der Waals surface area contributed by atoms with E-state index in [0.717, 1.165) is 30.3 Å². The van der Waals surface area contributed by atoms with E-state index in [9.17, 15) is 0 Å². The quantitative estimate of drug-likeness (QED) is 0.833. The molecule has 2 nitrogen and oxygen atoms in total. The Labute approximate surface area is 110 Å². The summed E-state index contributed by atoms with van der Waals surface area (Å²) in [7, 11) is 0. The Morgan fingerprint density at radius 2 is 2.00 bits per heavy atom. The highest BCUT2D eigenvalue weighted by atomic mass is 35.5. The summed E-state index contributed by atoms with van der Waals surface area (Å²) in [5.74, 6) is 0. The smallest absolute Gasteiger partial charge is 0.0642 e. The van der Waals surface area contributed by atoms with E-state index in [-0.39, 0.29) is 0 Å². The molecule has 0 aliphatic heterocycles. The first kappa shape index (κ1) is 14.3. The number of rotatable bonds is 6. The van der Waals surface area contributed by atoms with Crippen LogP contribution < -0.4 is 10.2 Å². The maximum Gasteiger partial charge on any atom is 0.0642 e. The molecule has 0 atom stereocenters. The fourth-order valence-electron chi connectivity index (χ4n) is 1.98. The van der Waals surface area contributed by atoms with E-state index in [0.29, 0.717) is 6.04 Å². The van der Waals surface area contributed by atoms with Crippen LogP contribution in [0.1, 0.15) is 33.3 Å². The first-order valence-corrected chi connectivity index (χ1v) is 6.73. The van der Waals surface area contributed by atoms with Gasteiger partial charge in [0, 0.05) is 19.1 Å². The summed E-state index contributed by atoms with van der Waals surface area (Å²) >= 11 is 6.36. The Hall–Kier alpha value is -0.730. The zero-order valence-electron chi connectivity index (χ0n) is 11.3. The molecule has 0 aromatic heterocycles. The molecular formula is C14H23ClN2. The normalized spacial score (nSPS) is 10.9. The molecule has 17 heavy (non-hydrogen) atoms. The lowest BCUT2D eigenvalue weighted by Gasteiger charge is -2.28. The van der Waals surface area contributed by atoms with Crippen molar-refractivity contribution in [2.75, 3.05) is 18.0 Å².